The Kier molecular flexibility index (Phi) is 5.41. The summed E-state index contributed by atoms with van der Waals surface area (Å²) in [5.74, 6) is 5.33. The molecule has 5 rings (SSSR count). The molecule has 0 amide bonds. The van der Waals surface area contributed by atoms with E-state index < -0.39 is 0 Å². The summed E-state index contributed by atoms with van der Waals surface area (Å²) >= 11 is 0. The molecule has 0 spiro atoms. The largest absolute Gasteiger partial charge is 0.495 e. The van der Waals surface area contributed by atoms with Crippen LogP contribution >= 0.6 is 0 Å². The second-order valence-corrected chi connectivity index (χ2v) is 8.60. The summed E-state index contributed by atoms with van der Waals surface area (Å²) < 4.78 is 16.7. The van der Waals surface area contributed by atoms with Gasteiger partial charge in [-0.25, -0.2) is 9.97 Å². The number of aromatic nitrogens is 2. The number of methoxy groups -OCH3 is 3. The van der Waals surface area contributed by atoms with Gasteiger partial charge in [-0.05, 0) is 30.5 Å². The normalized spacial score (nSPS) is 20.4. The maximum atomic E-state index is 5.57. The molecule has 0 N–H and O–H groups in total. The van der Waals surface area contributed by atoms with Crippen molar-refractivity contribution in [3.63, 3.8) is 0 Å². The lowest BCUT2D eigenvalue weighted by Gasteiger charge is -2.37. The molecule has 1 saturated heterocycles. The number of para-hydroxylation sites is 2. The molecule has 1 saturated carbocycles. The molecule has 3 aromatic rings. The Balaban J connectivity index is 1.49. The standard InChI is InChI=1S/C25H30N4O3/c1-16-13-17(16)24-26-19-15-23(32-4)22(31-3)14-18(19)25(27-24)29-11-9-28(10-12-29)20-7-5-6-8-21(20)30-2/h5-8,14-17H,9-13H2,1-4H3. The lowest BCUT2D eigenvalue weighted by molar-refractivity contribution is 0.355. The third-order valence-electron chi connectivity index (χ3n) is 6.64. The smallest absolute Gasteiger partial charge is 0.162 e. The number of benzene rings is 2. The number of rotatable bonds is 6. The van der Waals surface area contributed by atoms with Crippen molar-refractivity contribution >= 4 is 22.4 Å². The van der Waals surface area contributed by atoms with E-state index >= 15 is 0 Å². The monoisotopic (exact) mass is 434 g/mol. The second kappa shape index (κ2) is 8.37. The summed E-state index contributed by atoms with van der Waals surface area (Å²) in [6.45, 7) is 5.80. The predicted molar refractivity (Wildman–Crippen MR) is 127 cm³/mol. The van der Waals surface area contributed by atoms with Gasteiger partial charge >= 0.3 is 0 Å². The van der Waals surface area contributed by atoms with Gasteiger partial charge < -0.3 is 24.0 Å². The van der Waals surface area contributed by atoms with E-state index in [-0.39, 0.29) is 0 Å². The maximum Gasteiger partial charge on any atom is 0.162 e. The number of hydrogen-bond acceptors (Lipinski definition) is 7. The van der Waals surface area contributed by atoms with Crippen molar-refractivity contribution in [3.8, 4) is 17.2 Å². The van der Waals surface area contributed by atoms with Gasteiger partial charge in [0.2, 0.25) is 0 Å². The molecule has 0 radical (unpaired) electrons. The number of fused-ring (bicyclic) bond motifs is 1. The van der Waals surface area contributed by atoms with E-state index in [9.17, 15) is 0 Å². The van der Waals surface area contributed by atoms with Gasteiger partial charge in [0.15, 0.2) is 11.5 Å². The second-order valence-electron chi connectivity index (χ2n) is 8.60. The molecule has 1 aliphatic carbocycles. The highest BCUT2D eigenvalue weighted by Gasteiger charge is 2.37. The molecular weight excluding hydrogens is 404 g/mol. The number of piperazine rings is 1. The average molecular weight is 435 g/mol. The molecule has 32 heavy (non-hydrogen) atoms. The molecule has 2 atom stereocenters. The Morgan fingerprint density at radius 3 is 2.09 bits per heavy atom. The van der Waals surface area contributed by atoms with Crippen LogP contribution in [-0.2, 0) is 0 Å². The Morgan fingerprint density at radius 2 is 1.44 bits per heavy atom. The Hall–Kier alpha value is -3.22. The van der Waals surface area contributed by atoms with Crippen molar-refractivity contribution in [2.45, 2.75) is 19.3 Å². The Morgan fingerprint density at radius 1 is 0.812 bits per heavy atom. The third kappa shape index (κ3) is 3.66. The molecule has 2 unspecified atom stereocenters. The van der Waals surface area contributed by atoms with E-state index in [1.54, 1.807) is 21.3 Å². The highest BCUT2D eigenvalue weighted by Crippen LogP contribution is 2.47. The molecule has 168 valence electrons. The zero-order chi connectivity index (χ0) is 22.2. The van der Waals surface area contributed by atoms with E-state index in [1.165, 1.54) is 0 Å². The summed E-state index contributed by atoms with van der Waals surface area (Å²) in [5.41, 5.74) is 2.05. The van der Waals surface area contributed by atoms with Crippen LogP contribution in [0.25, 0.3) is 10.9 Å². The molecule has 1 aliphatic heterocycles. The first-order valence-corrected chi connectivity index (χ1v) is 11.2. The maximum absolute atomic E-state index is 5.57. The van der Waals surface area contributed by atoms with Crippen LogP contribution < -0.4 is 24.0 Å². The molecule has 2 aliphatic rings. The van der Waals surface area contributed by atoms with Crippen LogP contribution in [0.2, 0.25) is 0 Å². The molecule has 7 heteroatoms. The van der Waals surface area contributed by atoms with Gasteiger partial charge in [0, 0.05) is 43.5 Å². The minimum atomic E-state index is 0.445. The van der Waals surface area contributed by atoms with Gasteiger partial charge in [-0.3, -0.25) is 0 Å². The van der Waals surface area contributed by atoms with E-state index in [4.69, 9.17) is 24.2 Å². The van der Waals surface area contributed by atoms with E-state index in [0.29, 0.717) is 23.3 Å². The number of nitrogens with zero attached hydrogens (tertiary/aromatic N) is 4. The number of hydrogen-bond donors (Lipinski definition) is 0. The van der Waals surface area contributed by atoms with Crippen molar-refractivity contribution in [1.82, 2.24) is 9.97 Å². The van der Waals surface area contributed by atoms with Crippen molar-refractivity contribution in [2.24, 2.45) is 5.92 Å². The van der Waals surface area contributed by atoms with Crippen LogP contribution in [0.1, 0.15) is 25.1 Å². The van der Waals surface area contributed by atoms with Crippen LogP contribution in [0, 0.1) is 5.92 Å². The summed E-state index contributed by atoms with van der Waals surface area (Å²) in [5, 5.41) is 1.01. The van der Waals surface area contributed by atoms with Crippen molar-refractivity contribution in [3.05, 3.63) is 42.2 Å². The van der Waals surface area contributed by atoms with Gasteiger partial charge in [0.05, 0.1) is 32.5 Å². The third-order valence-corrected chi connectivity index (χ3v) is 6.64. The fourth-order valence-corrected chi connectivity index (χ4v) is 4.60. The minimum Gasteiger partial charge on any atom is -0.495 e. The van der Waals surface area contributed by atoms with E-state index in [1.807, 2.05) is 24.3 Å². The van der Waals surface area contributed by atoms with E-state index in [2.05, 4.69) is 28.9 Å². The lowest BCUT2D eigenvalue weighted by atomic mass is 10.1. The van der Waals surface area contributed by atoms with Crippen LogP contribution in [-0.4, -0.2) is 57.5 Å². The highest BCUT2D eigenvalue weighted by molar-refractivity contribution is 5.92. The van der Waals surface area contributed by atoms with Gasteiger partial charge in [0.1, 0.15) is 17.4 Å². The predicted octanol–water partition coefficient (Wildman–Crippen LogP) is 4.11. The summed E-state index contributed by atoms with van der Waals surface area (Å²) in [4.78, 5) is 14.7. The van der Waals surface area contributed by atoms with Crippen molar-refractivity contribution in [2.75, 3.05) is 57.3 Å². The summed E-state index contributed by atoms with van der Waals surface area (Å²) in [6, 6.07) is 12.2. The van der Waals surface area contributed by atoms with Crippen LogP contribution in [0.3, 0.4) is 0 Å². The number of anilines is 2. The first kappa shape index (κ1) is 20.7. The summed E-state index contributed by atoms with van der Waals surface area (Å²) in [6.07, 6.45) is 1.15. The number of ether oxygens (including phenoxy) is 3. The average Bonchev–Trinajstić information content (AvgIpc) is 3.59. The quantitative estimate of drug-likeness (QED) is 0.579. The van der Waals surface area contributed by atoms with Crippen molar-refractivity contribution in [1.29, 1.82) is 0 Å². The first-order chi connectivity index (χ1) is 15.6. The molecule has 7 nitrogen and oxygen atoms in total. The summed E-state index contributed by atoms with van der Waals surface area (Å²) in [7, 11) is 5.05. The lowest BCUT2D eigenvalue weighted by Crippen LogP contribution is -2.47. The van der Waals surface area contributed by atoms with Crippen LogP contribution in [0.15, 0.2) is 36.4 Å². The Bertz CT molecular complexity index is 1130. The first-order valence-electron chi connectivity index (χ1n) is 11.2. The molecule has 2 fully saturated rings. The molecular formula is C25H30N4O3. The fourth-order valence-electron chi connectivity index (χ4n) is 4.60. The Labute approximate surface area is 188 Å². The van der Waals surface area contributed by atoms with Gasteiger partial charge in [-0.2, -0.15) is 0 Å². The molecule has 2 aromatic carbocycles. The van der Waals surface area contributed by atoms with Crippen molar-refractivity contribution < 1.29 is 14.2 Å². The van der Waals surface area contributed by atoms with Crippen LogP contribution in [0.5, 0.6) is 17.2 Å². The van der Waals surface area contributed by atoms with E-state index in [0.717, 1.165) is 66.6 Å². The SMILES string of the molecule is COc1cc2nc(C3CC3C)nc(N3CCN(c4ccccc4OC)CC3)c2cc1OC. The highest BCUT2D eigenvalue weighted by atomic mass is 16.5. The minimum absolute atomic E-state index is 0.445. The molecule has 2 heterocycles. The molecule has 0 bridgehead atoms. The topological polar surface area (TPSA) is 60.0 Å². The zero-order valence-electron chi connectivity index (χ0n) is 19.2. The van der Waals surface area contributed by atoms with Gasteiger partial charge in [-0.1, -0.05) is 19.1 Å². The van der Waals surface area contributed by atoms with Gasteiger partial charge in [0.25, 0.3) is 0 Å². The zero-order valence-corrected chi connectivity index (χ0v) is 19.2. The van der Waals surface area contributed by atoms with Crippen LogP contribution in [0.4, 0.5) is 11.5 Å². The van der Waals surface area contributed by atoms with Gasteiger partial charge in [-0.15, -0.1) is 0 Å². The molecule has 1 aromatic heterocycles. The fraction of sp³-hybridized carbons (Fsp3) is 0.440.